The quantitative estimate of drug-likeness (QED) is 0.135. The number of amides is 3. The van der Waals surface area contributed by atoms with E-state index in [-0.39, 0.29) is 18.4 Å². The largest absolute Gasteiger partial charge is 0.460 e. The Balaban J connectivity index is 2.80. The number of aliphatic hydroxyl groups excluding tert-OH is 1. The summed E-state index contributed by atoms with van der Waals surface area (Å²) in [6.45, 7) is 8.95. The van der Waals surface area contributed by atoms with Crippen LogP contribution >= 0.6 is 0 Å². The molecule has 1 rings (SSSR count). The van der Waals surface area contributed by atoms with E-state index in [1.54, 1.807) is 0 Å². The summed E-state index contributed by atoms with van der Waals surface area (Å²) in [7, 11) is 0. The van der Waals surface area contributed by atoms with E-state index in [0.717, 1.165) is 44.9 Å². The fourth-order valence-electron chi connectivity index (χ4n) is 4.57. The van der Waals surface area contributed by atoms with E-state index < -0.39 is 42.5 Å². The molecular formula is C27H47N3O6. The molecule has 4 atom stereocenters. The van der Waals surface area contributed by atoms with Crippen LogP contribution in [0, 0.1) is 11.8 Å². The van der Waals surface area contributed by atoms with Crippen LogP contribution in [-0.4, -0.2) is 60.1 Å². The van der Waals surface area contributed by atoms with Crippen molar-refractivity contribution in [2.75, 3.05) is 13.2 Å². The van der Waals surface area contributed by atoms with Crippen molar-refractivity contribution in [3.8, 4) is 0 Å². The summed E-state index contributed by atoms with van der Waals surface area (Å²) in [6, 6.07) is -1.59. The molecule has 1 aliphatic rings. The SMILES string of the molecule is C=CCOC(=O)CNC(=O)C(O)C(CCC)NC(=O)[C@H](CCCCC)NC(=O)[C@@H](C)C1CCCCC1. The lowest BCUT2D eigenvalue weighted by molar-refractivity contribution is -0.144. The van der Waals surface area contributed by atoms with Gasteiger partial charge in [-0.1, -0.05) is 78.4 Å². The van der Waals surface area contributed by atoms with Gasteiger partial charge in [-0.2, -0.15) is 0 Å². The van der Waals surface area contributed by atoms with E-state index in [9.17, 15) is 24.3 Å². The van der Waals surface area contributed by atoms with Gasteiger partial charge < -0.3 is 25.8 Å². The number of aliphatic hydroxyl groups is 1. The highest BCUT2D eigenvalue weighted by Crippen LogP contribution is 2.30. The monoisotopic (exact) mass is 509 g/mol. The van der Waals surface area contributed by atoms with Crippen LogP contribution in [0.1, 0.15) is 91.4 Å². The van der Waals surface area contributed by atoms with Crippen LogP contribution in [0.4, 0.5) is 0 Å². The van der Waals surface area contributed by atoms with Crippen LogP contribution in [0.5, 0.6) is 0 Å². The molecule has 0 radical (unpaired) electrons. The number of hydrogen-bond donors (Lipinski definition) is 4. The van der Waals surface area contributed by atoms with Crippen molar-refractivity contribution in [1.29, 1.82) is 0 Å². The number of hydrogen-bond acceptors (Lipinski definition) is 6. The minimum Gasteiger partial charge on any atom is -0.460 e. The van der Waals surface area contributed by atoms with Gasteiger partial charge in [0, 0.05) is 5.92 Å². The average Bonchev–Trinajstić information content (AvgIpc) is 2.89. The van der Waals surface area contributed by atoms with Crippen LogP contribution in [0.3, 0.4) is 0 Å². The molecule has 9 nitrogen and oxygen atoms in total. The molecule has 0 aromatic heterocycles. The molecule has 0 heterocycles. The number of carbonyl (C=O) groups excluding carboxylic acids is 4. The summed E-state index contributed by atoms with van der Waals surface area (Å²) in [5, 5.41) is 18.7. The van der Waals surface area contributed by atoms with E-state index in [2.05, 4.69) is 29.5 Å². The molecule has 9 heteroatoms. The highest BCUT2D eigenvalue weighted by molar-refractivity contribution is 5.90. The molecule has 3 amide bonds. The van der Waals surface area contributed by atoms with E-state index in [1.807, 2.05) is 13.8 Å². The van der Waals surface area contributed by atoms with Crippen molar-refractivity contribution in [3.05, 3.63) is 12.7 Å². The Hall–Kier alpha value is -2.42. The molecule has 1 saturated carbocycles. The molecule has 0 spiro atoms. The molecule has 1 aliphatic carbocycles. The molecule has 206 valence electrons. The minimum atomic E-state index is -1.55. The summed E-state index contributed by atoms with van der Waals surface area (Å²) >= 11 is 0. The second-order valence-electron chi connectivity index (χ2n) is 9.78. The first kappa shape index (κ1) is 31.6. The Bertz CT molecular complexity index is 708. The first-order valence-electron chi connectivity index (χ1n) is 13.6. The lowest BCUT2D eigenvalue weighted by Crippen LogP contribution is -2.56. The van der Waals surface area contributed by atoms with Gasteiger partial charge in [-0.15, -0.1) is 0 Å². The fourth-order valence-corrected chi connectivity index (χ4v) is 4.57. The Labute approximate surface area is 216 Å². The summed E-state index contributed by atoms with van der Waals surface area (Å²) < 4.78 is 4.81. The van der Waals surface area contributed by atoms with Crippen LogP contribution in [0.15, 0.2) is 12.7 Å². The average molecular weight is 510 g/mol. The van der Waals surface area contributed by atoms with Gasteiger partial charge in [0.1, 0.15) is 19.2 Å². The standard InChI is InChI=1S/C27H47N3O6/c1-5-8-10-16-22(30-25(33)19(4)20-14-11-9-12-15-20)26(34)29-21(13-6-2)24(32)27(35)28-18-23(31)36-17-7-3/h7,19-22,24,32H,3,5-6,8-18H2,1-2,4H3,(H,28,35)(H,29,34)(H,30,33)/t19-,21?,22-,24?/m0/s1. The van der Waals surface area contributed by atoms with Gasteiger partial charge in [-0.3, -0.25) is 19.2 Å². The third kappa shape index (κ3) is 11.5. The Morgan fingerprint density at radius 2 is 1.67 bits per heavy atom. The summed E-state index contributed by atoms with van der Waals surface area (Å²) in [5.74, 6) is -1.81. The van der Waals surface area contributed by atoms with E-state index in [0.29, 0.717) is 25.2 Å². The third-order valence-electron chi connectivity index (χ3n) is 6.85. The van der Waals surface area contributed by atoms with Crippen LogP contribution < -0.4 is 16.0 Å². The van der Waals surface area contributed by atoms with Crippen LogP contribution in [0.2, 0.25) is 0 Å². The molecule has 36 heavy (non-hydrogen) atoms. The van der Waals surface area contributed by atoms with E-state index >= 15 is 0 Å². The van der Waals surface area contributed by atoms with Crippen molar-refractivity contribution in [2.24, 2.45) is 11.8 Å². The zero-order chi connectivity index (χ0) is 26.9. The maximum Gasteiger partial charge on any atom is 0.325 e. The predicted molar refractivity (Wildman–Crippen MR) is 139 cm³/mol. The van der Waals surface area contributed by atoms with Crippen molar-refractivity contribution >= 4 is 23.7 Å². The number of carbonyl (C=O) groups is 4. The summed E-state index contributed by atoms with van der Waals surface area (Å²) in [4.78, 5) is 50.3. The van der Waals surface area contributed by atoms with Crippen molar-refractivity contribution in [2.45, 2.75) is 110 Å². The molecule has 2 unspecified atom stereocenters. The minimum absolute atomic E-state index is 0.0241. The van der Waals surface area contributed by atoms with Crippen molar-refractivity contribution in [3.63, 3.8) is 0 Å². The van der Waals surface area contributed by atoms with Gasteiger partial charge in [0.25, 0.3) is 5.91 Å². The van der Waals surface area contributed by atoms with Crippen LogP contribution in [0.25, 0.3) is 0 Å². The van der Waals surface area contributed by atoms with Gasteiger partial charge >= 0.3 is 5.97 Å². The molecule has 1 fully saturated rings. The Kier molecular flexibility index (Phi) is 15.7. The molecule has 4 N–H and O–H groups in total. The predicted octanol–water partition coefficient (Wildman–Crippen LogP) is 2.76. The molecule has 0 saturated heterocycles. The molecule has 0 aromatic carbocycles. The first-order valence-corrected chi connectivity index (χ1v) is 13.6. The third-order valence-corrected chi connectivity index (χ3v) is 6.85. The zero-order valence-corrected chi connectivity index (χ0v) is 22.4. The molecule has 0 bridgehead atoms. The number of ether oxygens (including phenoxy) is 1. The number of nitrogens with one attached hydrogen (secondary N) is 3. The second-order valence-corrected chi connectivity index (χ2v) is 9.78. The molecule has 0 aromatic rings. The topological polar surface area (TPSA) is 134 Å². The first-order chi connectivity index (χ1) is 17.2. The maximum absolute atomic E-state index is 13.2. The van der Waals surface area contributed by atoms with Gasteiger partial charge in [0.2, 0.25) is 11.8 Å². The maximum atomic E-state index is 13.2. The lowest BCUT2D eigenvalue weighted by atomic mass is 9.80. The van der Waals surface area contributed by atoms with Crippen LogP contribution in [-0.2, 0) is 23.9 Å². The second kappa shape index (κ2) is 17.9. The van der Waals surface area contributed by atoms with Gasteiger partial charge in [0.15, 0.2) is 6.10 Å². The number of esters is 1. The Morgan fingerprint density at radius 1 is 0.972 bits per heavy atom. The number of rotatable bonds is 17. The smallest absolute Gasteiger partial charge is 0.325 e. The Morgan fingerprint density at radius 3 is 2.28 bits per heavy atom. The van der Waals surface area contributed by atoms with Crippen molar-refractivity contribution < 1.29 is 29.0 Å². The zero-order valence-electron chi connectivity index (χ0n) is 22.4. The van der Waals surface area contributed by atoms with Gasteiger partial charge in [-0.05, 0) is 31.6 Å². The summed E-state index contributed by atoms with van der Waals surface area (Å²) in [5.41, 5.74) is 0. The highest BCUT2D eigenvalue weighted by Gasteiger charge is 2.32. The normalized spacial score (nSPS) is 17.2. The van der Waals surface area contributed by atoms with E-state index in [1.165, 1.54) is 12.5 Å². The highest BCUT2D eigenvalue weighted by atomic mass is 16.5. The van der Waals surface area contributed by atoms with Gasteiger partial charge in [0.05, 0.1) is 6.04 Å². The number of unbranched alkanes of at least 4 members (excludes halogenated alkanes) is 2. The lowest BCUT2D eigenvalue weighted by Gasteiger charge is -2.29. The van der Waals surface area contributed by atoms with Gasteiger partial charge in [-0.25, -0.2) is 0 Å². The summed E-state index contributed by atoms with van der Waals surface area (Å²) in [6.07, 6.45) is 9.54. The fraction of sp³-hybridized carbons (Fsp3) is 0.778. The van der Waals surface area contributed by atoms with E-state index in [4.69, 9.17) is 4.74 Å². The molecule has 0 aliphatic heterocycles. The molecular weight excluding hydrogens is 462 g/mol. The van der Waals surface area contributed by atoms with Crippen molar-refractivity contribution in [1.82, 2.24) is 16.0 Å².